The molecule has 2 heterocycles. The highest BCUT2D eigenvalue weighted by atomic mass is 35.5. The summed E-state index contributed by atoms with van der Waals surface area (Å²) < 4.78 is 9.47. The van der Waals surface area contributed by atoms with Crippen LogP contribution in [0.2, 0.25) is 4.34 Å². The highest BCUT2D eigenvalue weighted by molar-refractivity contribution is 7.14. The first kappa shape index (κ1) is 10.6. The lowest BCUT2D eigenvalue weighted by atomic mass is 10.2. The van der Waals surface area contributed by atoms with Crippen molar-refractivity contribution in [3.8, 4) is 5.88 Å². The van der Waals surface area contributed by atoms with Gasteiger partial charge in [0.05, 0.1) is 16.3 Å². The molecule has 0 N–H and O–H groups in total. The van der Waals surface area contributed by atoms with Crippen LogP contribution in [0.1, 0.15) is 15.2 Å². The number of nitrogens with zero attached hydrogens (tertiary/aromatic N) is 1. The average Bonchev–Trinajstić information content (AvgIpc) is 2.84. The summed E-state index contributed by atoms with van der Waals surface area (Å²) in [4.78, 5) is 12.4. The zero-order valence-electron chi connectivity index (χ0n) is 7.69. The first-order valence-electron chi connectivity index (χ1n) is 4.00. The molecule has 0 aliphatic rings. The summed E-state index contributed by atoms with van der Waals surface area (Å²) >= 11 is 8.21. The number of thiophene rings is 1. The Hall–Kier alpha value is -0.910. The third-order valence-electron chi connectivity index (χ3n) is 1.75. The minimum atomic E-state index is -0.0704. The molecular weight excluding hydrogens is 254 g/mol. The van der Waals surface area contributed by atoms with Crippen molar-refractivity contribution < 1.29 is 9.53 Å². The molecule has 0 aromatic carbocycles. The number of halogens is 1. The van der Waals surface area contributed by atoms with Crippen LogP contribution in [0.3, 0.4) is 0 Å². The van der Waals surface area contributed by atoms with Crippen molar-refractivity contribution in [2.24, 2.45) is 0 Å². The van der Waals surface area contributed by atoms with Crippen molar-refractivity contribution in [2.75, 3.05) is 7.11 Å². The van der Waals surface area contributed by atoms with Crippen LogP contribution in [0.15, 0.2) is 17.5 Å². The van der Waals surface area contributed by atoms with Gasteiger partial charge in [-0.15, -0.1) is 11.3 Å². The molecule has 0 amide bonds. The molecular formula is C9H6ClNO2S2. The topological polar surface area (TPSA) is 39.2 Å². The molecule has 0 bridgehead atoms. The Balaban J connectivity index is 2.28. The summed E-state index contributed by atoms with van der Waals surface area (Å²) in [6.07, 6.45) is 0. The number of carbonyl (C=O) groups is 1. The van der Waals surface area contributed by atoms with Crippen molar-refractivity contribution in [2.45, 2.75) is 0 Å². The number of hydrogen-bond donors (Lipinski definition) is 0. The van der Waals surface area contributed by atoms with Gasteiger partial charge in [-0.3, -0.25) is 4.79 Å². The van der Waals surface area contributed by atoms with Gasteiger partial charge >= 0.3 is 0 Å². The maximum absolute atomic E-state index is 11.9. The fraction of sp³-hybridized carbons (Fsp3) is 0.111. The van der Waals surface area contributed by atoms with Gasteiger partial charge in [0.1, 0.15) is 0 Å². The molecule has 0 unspecified atom stereocenters. The van der Waals surface area contributed by atoms with Gasteiger partial charge in [0.2, 0.25) is 11.7 Å². The van der Waals surface area contributed by atoms with Gasteiger partial charge in [-0.1, -0.05) is 11.6 Å². The Kier molecular flexibility index (Phi) is 3.04. The molecule has 0 fully saturated rings. The summed E-state index contributed by atoms with van der Waals surface area (Å²) in [5.41, 5.74) is 0.594. The van der Waals surface area contributed by atoms with Crippen LogP contribution >= 0.6 is 34.5 Å². The van der Waals surface area contributed by atoms with Gasteiger partial charge in [0.25, 0.3) is 0 Å². The number of hydrogen-bond acceptors (Lipinski definition) is 5. The molecule has 2 aromatic heterocycles. The molecule has 0 saturated heterocycles. The minimum absolute atomic E-state index is 0.0704. The molecule has 15 heavy (non-hydrogen) atoms. The van der Waals surface area contributed by atoms with E-state index < -0.39 is 0 Å². The molecule has 0 aliphatic carbocycles. The van der Waals surface area contributed by atoms with E-state index in [0.29, 0.717) is 20.7 Å². The summed E-state index contributed by atoms with van der Waals surface area (Å²) in [5.74, 6) is 0.392. The average molecular weight is 260 g/mol. The number of methoxy groups -OCH3 is 1. The van der Waals surface area contributed by atoms with Gasteiger partial charge < -0.3 is 4.74 Å². The SMILES string of the molecule is COc1cc(C(=O)c2csc(Cl)c2)sn1. The van der Waals surface area contributed by atoms with E-state index in [4.69, 9.17) is 16.3 Å². The Morgan fingerprint density at radius 2 is 2.33 bits per heavy atom. The van der Waals surface area contributed by atoms with Crippen LogP contribution in [0, 0.1) is 0 Å². The lowest BCUT2D eigenvalue weighted by molar-refractivity contribution is 0.104. The van der Waals surface area contributed by atoms with E-state index in [-0.39, 0.29) is 5.78 Å². The quantitative estimate of drug-likeness (QED) is 0.795. The number of ether oxygens (including phenoxy) is 1. The van der Waals surface area contributed by atoms with E-state index in [2.05, 4.69) is 4.37 Å². The van der Waals surface area contributed by atoms with Crippen LogP contribution in [0.25, 0.3) is 0 Å². The van der Waals surface area contributed by atoms with Gasteiger partial charge in [-0.2, -0.15) is 4.37 Å². The van der Waals surface area contributed by atoms with E-state index in [0.717, 1.165) is 11.5 Å². The highest BCUT2D eigenvalue weighted by Gasteiger charge is 2.14. The maximum atomic E-state index is 11.9. The number of ketones is 1. The lowest BCUT2D eigenvalue weighted by Crippen LogP contribution is -1.95. The second-order valence-electron chi connectivity index (χ2n) is 2.70. The summed E-state index contributed by atoms with van der Waals surface area (Å²) in [6.45, 7) is 0. The monoisotopic (exact) mass is 259 g/mol. The van der Waals surface area contributed by atoms with E-state index in [1.54, 1.807) is 17.5 Å². The molecule has 78 valence electrons. The Morgan fingerprint density at radius 1 is 1.53 bits per heavy atom. The predicted molar refractivity (Wildman–Crippen MR) is 61.4 cm³/mol. The van der Waals surface area contributed by atoms with Crippen molar-refractivity contribution in [1.82, 2.24) is 4.37 Å². The van der Waals surface area contributed by atoms with Gasteiger partial charge in [0.15, 0.2) is 0 Å². The largest absolute Gasteiger partial charge is 0.480 e. The first-order chi connectivity index (χ1) is 7.20. The molecule has 3 nitrogen and oxygen atoms in total. The van der Waals surface area contributed by atoms with Crippen LogP contribution in [-0.4, -0.2) is 17.3 Å². The third-order valence-corrected chi connectivity index (χ3v) is 3.61. The Morgan fingerprint density at radius 3 is 2.87 bits per heavy atom. The zero-order valence-corrected chi connectivity index (χ0v) is 10.1. The number of carbonyl (C=O) groups excluding carboxylic acids is 1. The van der Waals surface area contributed by atoms with E-state index in [1.165, 1.54) is 18.4 Å². The lowest BCUT2D eigenvalue weighted by Gasteiger charge is -1.90. The summed E-state index contributed by atoms with van der Waals surface area (Å²) in [5, 5.41) is 1.73. The minimum Gasteiger partial charge on any atom is -0.480 e. The van der Waals surface area contributed by atoms with Crippen molar-refractivity contribution in [3.63, 3.8) is 0 Å². The third kappa shape index (κ3) is 2.19. The summed E-state index contributed by atoms with van der Waals surface area (Å²) in [7, 11) is 1.52. The molecule has 2 aromatic rings. The first-order valence-corrected chi connectivity index (χ1v) is 6.03. The second kappa shape index (κ2) is 4.30. The molecule has 0 atom stereocenters. The van der Waals surface area contributed by atoms with Crippen LogP contribution in [0.4, 0.5) is 0 Å². The highest BCUT2D eigenvalue weighted by Crippen LogP contribution is 2.25. The van der Waals surface area contributed by atoms with Gasteiger partial charge in [0, 0.05) is 17.0 Å². The van der Waals surface area contributed by atoms with E-state index in [1.807, 2.05) is 0 Å². The molecule has 2 rings (SSSR count). The predicted octanol–water partition coefficient (Wildman–Crippen LogP) is 3.10. The van der Waals surface area contributed by atoms with Crippen LogP contribution in [-0.2, 0) is 0 Å². The van der Waals surface area contributed by atoms with Crippen LogP contribution < -0.4 is 4.74 Å². The Labute approximate surface area is 99.4 Å². The maximum Gasteiger partial charge on any atom is 0.225 e. The molecule has 0 aliphatic heterocycles. The molecule has 0 spiro atoms. The van der Waals surface area contributed by atoms with Crippen molar-refractivity contribution >= 4 is 40.3 Å². The fourth-order valence-electron chi connectivity index (χ4n) is 1.03. The van der Waals surface area contributed by atoms with Gasteiger partial charge in [-0.25, -0.2) is 0 Å². The van der Waals surface area contributed by atoms with Crippen molar-refractivity contribution in [3.05, 3.63) is 32.3 Å². The van der Waals surface area contributed by atoms with E-state index >= 15 is 0 Å². The number of aromatic nitrogens is 1. The van der Waals surface area contributed by atoms with E-state index in [9.17, 15) is 4.79 Å². The fourth-order valence-corrected chi connectivity index (χ4v) is 2.56. The molecule has 0 saturated carbocycles. The van der Waals surface area contributed by atoms with Gasteiger partial charge in [-0.05, 0) is 17.6 Å². The van der Waals surface area contributed by atoms with Crippen molar-refractivity contribution in [1.29, 1.82) is 0 Å². The smallest absolute Gasteiger partial charge is 0.225 e. The second-order valence-corrected chi connectivity index (χ2v) is 5.05. The number of rotatable bonds is 3. The normalized spacial score (nSPS) is 10.3. The molecule has 0 radical (unpaired) electrons. The van der Waals surface area contributed by atoms with Crippen LogP contribution in [0.5, 0.6) is 5.88 Å². The zero-order chi connectivity index (χ0) is 10.8. The summed E-state index contributed by atoms with van der Waals surface area (Å²) in [6, 6.07) is 3.28. The molecule has 6 heteroatoms. The standard InChI is InChI=1S/C9H6ClNO2S2/c1-13-8-3-6(15-11-8)9(12)5-2-7(10)14-4-5/h2-4H,1H3. The Bertz CT molecular complexity index is 492.